The Hall–Kier alpha value is -1.65. The van der Waals surface area contributed by atoms with Crippen molar-refractivity contribution >= 4 is 17.4 Å². The number of pyridine rings is 1. The van der Waals surface area contributed by atoms with Crippen molar-refractivity contribution in [3.05, 3.63) is 58.5 Å². The first-order valence-electron chi connectivity index (χ1n) is 6.99. The molecule has 1 aromatic carbocycles. The molecular formula is C16H19ClFN3. The molecule has 0 radical (unpaired) electrons. The van der Waals surface area contributed by atoms with Crippen LogP contribution in [0.25, 0.3) is 0 Å². The molecule has 0 amide bonds. The van der Waals surface area contributed by atoms with E-state index in [1.807, 2.05) is 12.1 Å². The standard InChI is InChI=1S/C16H19ClFN3/c1-2-6-20-15(8-11-4-3-5-13(18)7-11)14-9-12(17)10-21-16(14)19/h3-5,7,9-10,15,20H,2,6,8H2,1H3,(H2,19,21). The molecule has 3 N–H and O–H groups in total. The lowest BCUT2D eigenvalue weighted by Crippen LogP contribution is -2.25. The van der Waals surface area contributed by atoms with Crippen molar-refractivity contribution in [1.29, 1.82) is 0 Å². The summed E-state index contributed by atoms with van der Waals surface area (Å²) in [5.74, 6) is 0.211. The number of rotatable bonds is 6. The van der Waals surface area contributed by atoms with Gasteiger partial charge in [-0.1, -0.05) is 30.7 Å². The van der Waals surface area contributed by atoms with E-state index in [4.69, 9.17) is 17.3 Å². The lowest BCUT2D eigenvalue weighted by atomic mass is 9.99. The Morgan fingerprint density at radius 2 is 2.19 bits per heavy atom. The maximum Gasteiger partial charge on any atom is 0.128 e. The summed E-state index contributed by atoms with van der Waals surface area (Å²) in [7, 11) is 0. The highest BCUT2D eigenvalue weighted by atomic mass is 35.5. The van der Waals surface area contributed by atoms with Crippen LogP contribution in [-0.4, -0.2) is 11.5 Å². The van der Waals surface area contributed by atoms with E-state index in [1.165, 1.54) is 18.3 Å². The number of nitrogens with two attached hydrogens (primary N) is 1. The highest BCUT2D eigenvalue weighted by molar-refractivity contribution is 6.30. The van der Waals surface area contributed by atoms with Crippen molar-refractivity contribution in [1.82, 2.24) is 10.3 Å². The van der Waals surface area contributed by atoms with Gasteiger partial charge in [-0.2, -0.15) is 0 Å². The van der Waals surface area contributed by atoms with Gasteiger partial charge in [0.05, 0.1) is 5.02 Å². The van der Waals surface area contributed by atoms with E-state index in [2.05, 4.69) is 17.2 Å². The molecule has 5 heteroatoms. The van der Waals surface area contributed by atoms with E-state index < -0.39 is 0 Å². The van der Waals surface area contributed by atoms with Crippen molar-refractivity contribution in [3.8, 4) is 0 Å². The molecule has 2 aromatic rings. The minimum atomic E-state index is -0.237. The molecule has 0 fully saturated rings. The Morgan fingerprint density at radius 3 is 2.90 bits per heavy atom. The molecule has 2 rings (SSSR count). The van der Waals surface area contributed by atoms with Gasteiger partial charge in [-0.15, -0.1) is 0 Å². The number of hydrogen-bond donors (Lipinski definition) is 2. The maximum atomic E-state index is 13.3. The molecule has 0 aliphatic rings. The number of benzene rings is 1. The summed E-state index contributed by atoms with van der Waals surface area (Å²) in [6.45, 7) is 2.93. The lowest BCUT2D eigenvalue weighted by Gasteiger charge is -2.20. The third-order valence-corrected chi connectivity index (χ3v) is 3.47. The summed E-state index contributed by atoms with van der Waals surface area (Å²) < 4.78 is 13.3. The molecule has 0 aliphatic carbocycles. The van der Waals surface area contributed by atoms with Gasteiger partial charge in [0, 0.05) is 17.8 Å². The second-order valence-corrected chi connectivity index (χ2v) is 5.41. The van der Waals surface area contributed by atoms with Crippen LogP contribution in [0.2, 0.25) is 5.02 Å². The highest BCUT2D eigenvalue weighted by Gasteiger charge is 2.16. The van der Waals surface area contributed by atoms with Gasteiger partial charge in [0.15, 0.2) is 0 Å². The van der Waals surface area contributed by atoms with Gasteiger partial charge >= 0.3 is 0 Å². The van der Waals surface area contributed by atoms with Crippen LogP contribution < -0.4 is 11.1 Å². The van der Waals surface area contributed by atoms with E-state index in [1.54, 1.807) is 6.07 Å². The summed E-state index contributed by atoms with van der Waals surface area (Å²) in [6, 6.07) is 8.36. The predicted octanol–water partition coefficient (Wildman–Crippen LogP) is 3.74. The lowest BCUT2D eigenvalue weighted by molar-refractivity contribution is 0.527. The number of nitrogens with zero attached hydrogens (tertiary/aromatic N) is 1. The number of hydrogen-bond acceptors (Lipinski definition) is 3. The monoisotopic (exact) mass is 307 g/mol. The quantitative estimate of drug-likeness (QED) is 0.854. The van der Waals surface area contributed by atoms with Gasteiger partial charge < -0.3 is 11.1 Å². The molecule has 0 aliphatic heterocycles. The molecule has 1 aromatic heterocycles. The van der Waals surface area contributed by atoms with E-state index in [9.17, 15) is 4.39 Å². The molecule has 112 valence electrons. The van der Waals surface area contributed by atoms with Crippen molar-refractivity contribution in [3.63, 3.8) is 0 Å². The second kappa shape index (κ2) is 7.38. The van der Waals surface area contributed by atoms with Crippen molar-refractivity contribution in [2.45, 2.75) is 25.8 Å². The Labute approximate surface area is 129 Å². The van der Waals surface area contributed by atoms with Crippen molar-refractivity contribution < 1.29 is 4.39 Å². The van der Waals surface area contributed by atoms with Gasteiger partial charge in [0.2, 0.25) is 0 Å². The second-order valence-electron chi connectivity index (χ2n) is 4.97. The summed E-state index contributed by atoms with van der Waals surface area (Å²) in [4.78, 5) is 4.10. The van der Waals surface area contributed by atoms with Gasteiger partial charge in [0.25, 0.3) is 0 Å². The Bertz CT molecular complexity index is 604. The fraction of sp³-hybridized carbons (Fsp3) is 0.312. The van der Waals surface area contributed by atoms with Crippen LogP contribution in [0.5, 0.6) is 0 Å². The molecule has 0 bridgehead atoms. The number of halogens is 2. The zero-order chi connectivity index (χ0) is 15.2. The van der Waals surface area contributed by atoms with Crippen LogP contribution in [0.4, 0.5) is 10.2 Å². The van der Waals surface area contributed by atoms with Crippen LogP contribution in [-0.2, 0) is 6.42 Å². The molecule has 0 saturated heterocycles. The van der Waals surface area contributed by atoms with E-state index >= 15 is 0 Å². The topological polar surface area (TPSA) is 50.9 Å². The fourth-order valence-corrected chi connectivity index (χ4v) is 2.42. The molecule has 1 unspecified atom stereocenters. The number of nitrogens with one attached hydrogen (secondary N) is 1. The molecule has 21 heavy (non-hydrogen) atoms. The largest absolute Gasteiger partial charge is 0.383 e. The van der Waals surface area contributed by atoms with E-state index in [0.29, 0.717) is 17.3 Å². The first-order chi connectivity index (χ1) is 10.1. The van der Waals surface area contributed by atoms with Crippen LogP contribution in [0, 0.1) is 5.82 Å². The average Bonchev–Trinajstić information content (AvgIpc) is 2.46. The fourth-order valence-electron chi connectivity index (χ4n) is 2.25. The van der Waals surface area contributed by atoms with Crippen LogP contribution in [0.1, 0.15) is 30.5 Å². The summed E-state index contributed by atoms with van der Waals surface area (Å²) in [5, 5.41) is 3.96. The molecule has 1 heterocycles. The van der Waals surface area contributed by atoms with Gasteiger partial charge in [-0.05, 0) is 43.1 Å². The van der Waals surface area contributed by atoms with Crippen LogP contribution in [0.15, 0.2) is 36.5 Å². The molecule has 3 nitrogen and oxygen atoms in total. The minimum Gasteiger partial charge on any atom is -0.383 e. The molecule has 1 atom stereocenters. The Morgan fingerprint density at radius 1 is 1.38 bits per heavy atom. The van der Waals surface area contributed by atoms with Crippen LogP contribution in [0.3, 0.4) is 0 Å². The predicted molar refractivity (Wildman–Crippen MR) is 84.8 cm³/mol. The first-order valence-corrected chi connectivity index (χ1v) is 7.36. The molecule has 0 spiro atoms. The number of nitrogen functional groups attached to an aromatic ring is 1. The summed E-state index contributed by atoms with van der Waals surface area (Å²) in [5.41, 5.74) is 7.71. The zero-order valence-electron chi connectivity index (χ0n) is 11.9. The third kappa shape index (κ3) is 4.41. The number of aromatic nitrogens is 1. The number of anilines is 1. The zero-order valence-corrected chi connectivity index (χ0v) is 12.7. The third-order valence-electron chi connectivity index (χ3n) is 3.26. The van der Waals surface area contributed by atoms with E-state index in [-0.39, 0.29) is 11.9 Å². The average molecular weight is 308 g/mol. The van der Waals surface area contributed by atoms with Crippen LogP contribution >= 0.6 is 11.6 Å². The van der Waals surface area contributed by atoms with Crippen molar-refractivity contribution in [2.24, 2.45) is 0 Å². The smallest absolute Gasteiger partial charge is 0.128 e. The normalized spacial score (nSPS) is 12.3. The SMILES string of the molecule is CCCNC(Cc1cccc(F)c1)c1cc(Cl)cnc1N. The highest BCUT2D eigenvalue weighted by Crippen LogP contribution is 2.25. The first kappa shape index (κ1) is 15.7. The van der Waals surface area contributed by atoms with Gasteiger partial charge in [0.1, 0.15) is 11.6 Å². The van der Waals surface area contributed by atoms with Crippen molar-refractivity contribution in [2.75, 3.05) is 12.3 Å². The molecular weight excluding hydrogens is 289 g/mol. The van der Waals surface area contributed by atoms with E-state index in [0.717, 1.165) is 24.1 Å². The summed E-state index contributed by atoms with van der Waals surface area (Å²) >= 11 is 6.02. The minimum absolute atomic E-state index is 0.0436. The Balaban J connectivity index is 2.27. The summed E-state index contributed by atoms with van der Waals surface area (Å²) in [6.07, 6.45) is 3.15. The molecule has 0 saturated carbocycles. The maximum absolute atomic E-state index is 13.3. The van der Waals surface area contributed by atoms with Gasteiger partial charge in [-0.25, -0.2) is 9.37 Å². The van der Waals surface area contributed by atoms with Gasteiger partial charge in [-0.3, -0.25) is 0 Å². The Kier molecular flexibility index (Phi) is 5.53.